The maximum absolute atomic E-state index is 12.6. The second kappa shape index (κ2) is 8.45. The Morgan fingerprint density at radius 3 is 2.73 bits per heavy atom. The summed E-state index contributed by atoms with van der Waals surface area (Å²) < 4.78 is 0.823. The summed E-state index contributed by atoms with van der Waals surface area (Å²) in [5.74, 6) is 0.0487. The van der Waals surface area contributed by atoms with E-state index in [0.29, 0.717) is 18.7 Å². The minimum absolute atomic E-state index is 0.107. The van der Waals surface area contributed by atoms with E-state index in [1.165, 1.54) is 0 Å². The highest BCUT2D eigenvalue weighted by Crippen LogP contribution is 2.20. The van der Waals surface area contributed by atoms with Crippen LogP contribution in [0.1, 0.15) is 35.8 Å². The van der Waals surface area contributed by atoms with Gasteiger partial charge in [-0.1, -0.05) is 30.3 Å². The van der Waals surface area contributed by atoms with Crippen LogP contribution in [0.3, 0.4) is 0 Å². The van der Waals surface area contributed by atoms with Crippen LogP contribution in [-0.4, -0.2) is 34.8 Å². The second-order valence-corrected chi connectivity index (χ2v) is 7.39. The molecule has 1 aromatic carbocycles. The Morgan fingerprint density at radius 2 is 2.04 bits per heavy atom. The lowest BCUT2D eigenvalue weighted by molar-refractivity contribution is -0.129. The first-order chi connectivity index (χ1) is 12.5. The van der Waals surface area contributed by atoms with Crippen LogP contribution in [0.2, 0.25) is 0 Å². The Hall–Kier alpha value is -2.21. The predicted molar refractivity (Wildman–Crippen MR) is 104 cm³/mol. The molecule has 1 fully saturated rings. The van der Waals surface area contributed by atoms with Crippen LogP contribution in [0.5, 0.6) is 0 Å². The van der Waals surface area contributed by atoms with E-state index in [4.69, 9.17) is 0 Å². The Bertz CT molecular complexity index is 795. The fourth-order valence-electron chi connectivity index (χ4n) is 3.15. The van der Waals surface area contributed by atoms with Crippen LogP contribution in [-0.2, 0) is 16.0 Å². The molecule has 0 aliphatic carbocycles. The molecule has 26 heavy (non-hydrogen) atoms. The summed E-state index contributed by atoms with van der Waals surface area (Å²) in [6.07, 6.45) is 1.67. The highest BCUT2D eigenvalue weighted by atomic mass is 79.9. The van der Waals surface area contributed by atoms with Gasteiger partial charge in [-0.15, -0.1) is 0 Å². The molecule has 2 aromatic rings. The lowest BCUT2D eigenvalue weighted by atomic mass is 10.1. The third-order valence-electron chi connectivity index (χ3n) is 4.50. The van der Waals surface area contributed by atoms with Crippen molar-refractivity contribution in [3.63, 3.8) is 0 Å². The molecule has 0 radical (unpaired) electrons. The van der Waals surface area contributed by atoms with Gasteiger partial charge in [0.05, 0.1) is 18.2 Å². The van der Waals surface area contributed by atoms with Gasteiger partial charge in [-0.05, 0) is 47.0 Å². The van der Waals surface area contributed by atoms with Crippen molar-refractivity contribution in [1.82, 2.24) is 15.2 Å². The van der Waals surface area contributed by atoms with Gasteiger partial charge in [-0.25, -0.2) is 0 Å². The average Bonchev–Trinajstić information content (AvgIpc) is 3.03. The largest absolute Gasteiger partial charge is 0.347 e. The van der Waals surface area contributed by atoms with Crippen molar-refractivity contribution >= 4 is 27.7 Å². The first kappa shape index (κ1) is 18.6. The SMILES string of the molecule is Cc1ccc(Br)c(CC(=O)N[C@H](CN2CCCC2=O)c2ccccc2)n1. The van der Waals surface area contributed by atoms with E-state index in [1.807, 2.05) is 54.3 Å². The molecule has 1 saturated heterocycles. The first-order valence-corrected chi connectivity index (χ1v) is 9.56. The molecule has 1 atom stereocenters. The zero-order valence-corrected chi connectivity index (χ0v) is 16.3. The van der Waals surface area contributed by atoms with Gasteiger partial charge >= 0.3 is 0 Å². The number of aryl methyl sites for hydroxylation is 1. The summed E-state index contributed by atoms with van der Waals surface area (Å²) in [5.41, 5.74) is 2.58. The molecule has 1 aromatic heterocycles. The number of carbonyl (C=O) groups is 2. The van der Waals surface area contributed by atoms with Crippen LogP contribution in [0.4, 0.5) is 0 Å². The van der Waals surface area contributed by atoms with Gasteiger partial charge in [0.15, 0.2) is 0 Å². The molecule has 5 nitrogen and oxygen atoms in total. The van der Waals surface area contributed by atoms with Gasteiger partial charge in [0.1, 0.15) is 0 Å². The van der Waals surface area contributed by atoms with Crippen molar-refractivity contribution < 1.29 is 9.59 Å². The van der Waals surface area contributed by atoms with Crippen molar-refractivity contribution in [2.45, 2.75) is 32.2 Å². The topological polar surface area (TPSA) is 62.3 Å². The normalized spacial score (nSPS) is 15.2. The maximum atomic E-state index is 12.6. The Kier molecular flexibility index (Phi) is 6.04. The number of pyridine rings is 1. The Balaban J connectivity index is 1.73. The summed E-state index contributed by atoms with van der Waals surface area (Å²) in [5, 5.41) is 3.08. The average molecular weight is 416 g/mol. The highest BCUT2D eigenvalue weighted by molar-refractivity contribution is 9.10. The van der Waals surface area contributed by atoms with E-state index in [-0.39, 0.29) is 24.3 Å². The lowest BCUT2D eigenvalue weighted by Crippen LogP contribution is -2.39. The van der Waals surface area contributed by atoms with Crippen LogP contribution >= 0.6 is 15.9 Å². The lowest BCUT2D eigenvalue weighted by Gasteiger charge is -2.25. The monoisotopic (exact) mass is 415 g/mol. The van der Waals surface area contributed by atoms with Crippen molar-refractivity contribution in [3.8, 4) is 0 Å². The molecule has 1 aliphatic heterocycles. The van der Waals surface area contributed by atoms with Crippen molar-refractivity contribution in [3.05, 3.63) is 63.9 Å². The molecular weight excluding hydrogens is 394 g/mol. The van der Waals surface area contributed by atoms with Gasteiger partial charge in [0, 0.05) is 29.7 Å². The third-order valence-corrected chi connectivity index (χ3v) is 5.22. The Labute approximate surface area is 161 Å². The molecule has 0 spiro atoms. The van der Waals surface area contributed by atoms with E-state index in [0.717, 1.165) is 28.7 Å². The van der Waals surface area contributed by atoms with Crippen LogP contribution < -0.4 is 5.32 Å². The predicted octanol–water partition coefficient (Wildman–Crippen LogP) is 3.17. The molecule has 136 valence electrons. The summed E-state index contributed by atoms with van der Waals surface area (Å²) in [4.78, 5) is 30.9. The number of hydrogen-bond donors (Lipinski definition) is 1. The second-order valence-electron chi connectivity index (χ2n) is 6.53. The summed E-state index contributed by atoms with van der Waals surface area (Å²) in [6.45, 7) is 3.15. The Morgan fingerprint density at radius 1 is 1.27 bits per heavy atom. The highest BCUT2D eigenvalue weighted by Gasteiger charge is 2.25. The minimum Gasteiger partial charge on any atom is -0.347 e. The third kappa shape index (κ3) is 4.69. The number of hydrogen-bond acceptors (Lipinski definition) is 3. The van der Waals surface area contributed by atoms with Crippen molar-refractivity contribution in [2.24, 2.45) is 0 Å². The van der Waals surface area contributed by atoms with E-state index in [1.54, 1.807) is 0 Å². The minimum atomic E-state index is -0.227. The quantitative estimate of drug-likeness (QED) is 0.787. The molecule has 0 saturated carbocycles. The van der Waals surface area contributed by atoms with Crippen LogP contribution in [0, 0.1) is 6.92 Å². The number of benzene rings is 1. The molecule has 0 unspecified atom stereocenters. The summed E-state index contributed by atoms with van der Waals surface area (Å²) in [6, 6.07) is 13.4. The van der Waals surface area contributed by atoms with E-state index < -0.39 is 0 Å². The number of aromatic nitrogens is 1. The summed E-state index contributed by atoms with van der Waals surface area (Å²) in [7, 11) is 0. The molecule has 1 aliphatic rings. The van der Waals surface area contributed by atoms with Gasteiger partial charge in [-0.2, -0.15) is 0 Å². The van der Waals surface area contributed by atoms with Crippen LogP contribution in [0.15, 0.2) is 46.9 Å². The van der Waals surface area contributed by atoms with E-state index in [2.05, 4.69) is 26.2 Å². The van der Waals surface area contributed by atoms with Crippen molar-refractivity contribution in [2.75, 3.05) is 13.1 Å². The summed E-state index contributed by atoms with van der Waals surface area (Å²) >= 11 is 3.45. The molecule has 1 N–H and O–H groups in total. The molecule has 6 heteroatoms. The van der Waals surface area contributed by atoms with Crippen molar-refractivity contribution in [1.29, 1.82) is 0 Å². The number of nitrogens with zero attached hydrogens (tertiary/aromatic N) is 2. The smallest absolute Gasteiger partial charge is 0.226 e. The number of carbonyl (C=O) groups excluding carboxylic acids is 2. The first-order valence-electron chi connectivity index (χ1n) is 8.77. The fraction of sp³-hybridized carbons (Fsp3) is 0.350. The number of nitrogens with one attached hydrogen (secondary N) is 1. The number of likely N-dealkylation sites (tertiary alicyclic amines) is 1. The standard InChI is InChI=1S/C20H22BrN3O2/c1-14-9-10-16(21)17(22-14)12-19(25)23-18(15-6-3-2-4-7-15)13-24-11-5-8-20(24)26/h2-4,6-7,9-10,18H,5,8,11-13H2,1H3,(H,23,25)/t18-/m1/s1. The van der Waals surface area contributed by atoms with Gasteiger partial charge in [0.2, 0.25) is 11.8 Å². The van der Waals surface area contributed by atoms with Gasteiger partial charge in [0.25, 0.3) is 0 Å². The molecular formula is C20H22BrN3O2. The zero-order chi connectivity index (χ0) is 18.5. The number of rotatable bonds is 6. The van der Waals surface area contributed by atoms with E-state index in [9.17, 15) is 9.59 Å². The molecule has 2 amide bonds. The van der Waals surface area contributed by atoms with E-state index >= 15 is 0 Å². The zero-order valence-electron chi connectivity index (χ0n) is 14.7. The maximum Gasteiger partial charge on any atom is 0.226 e. The molecule has 3 rings (SSSR count). The number of amides is 2. The number of halogens is 1. The van der Waals surface area contributed by atoms with Gasteiger partial charge in [-0.3, -0.25) is 14.6 Å². The molecule has 0 bridgehead atoms. The van der Waals surface area contributed by atoms with Gasteiger partial charge < -0.3 is 10.2 Å². The fourth-order valence-corrected chi connectivity index (χ4v) is 3.51. The van der Waals surface area contributed by atoms with Crippen LogP contribution in [0.25, 0.3) is 0 Å². The molecule has 2 heterocycles.